The van der Waals surface area contributed by atoms with Gasteiger partial charge in [0.25, 0.3) is 0 Å². The van der Waals surface area contributed by atoms with Gasteiger partial charge in [-0.15, -0.1) is 0 Å². The summed E-state index contributed by atoms with van der Waals surface area (Å²) in [6.07, 6.45) is 52.1. The molecular formula is C50H92O2Si2. The number of hydrogen-bond donors (Lipinski definition) is 0. The molecule has 0 saturated carbocycles. The molecule has 54 heavy (non-hydrogen) atoms. The molecule has 0 radical (unpaired) electrons. The molecule has 0 unspecified atom stereocenters. The smallest absolute Gasteiger partial charge is 0.159 e. The Morgan fingerprint density at radius 2 is 0.407 bits per heavy atom. The van der Waals surface area contributed by atoms with E-state index in [0.717, 1.165) is 0 Å². The van der Waals surface area contributed by atoms with Crippen LogP contribution in [0.3, 0.4) is 0 Å². The number of hydrogen-bond acceptors (Lipinski definition) is 2. The van der Waals surface area contributed by atoms with Crippen LogP contribution in [0.25, 0.3) is 0 Å². The molecule has 6 heterocycles. The van der Waals surface area contributed by atoms with Gasteiger partial charge in [0, 0.05) is 0 Å². The van der Waals surface area contributed by atoms with Crippen LogP contribution in [0.15, 0.2) is 12.1 Å². The largest absolute Gasteiger partial charge is 0.493 e. The molecule has 0 N–H and O–H groups in total. The lowest BCUT2D eigenvalue weighted by Crippen LogP contribution is -2.52. The molecule has 6 aliphatic rings. The second-order valence-electron chi connectivity index (χ2n) is 19.0. The van der Waals surface area contributed by atoms with Crippen LogP contribution < -0.4 is 19.8 Å². The first-order chi connectivity index (χ1) is 26.7. The van der Waals surface area contributed by atoms with E-state index < -0.39 is 16.1 Å². The summed E-state index contributed by atoms with van der Waals surface area (Å²) in [5.41, 5.74) is 0. The SMILES string of the molecule is COc1c2ccc(c1OC)[Si]13CCCCCCCCCCCCCC[Si]2(CCCCCCCCCCCCCC1)CCCCCCCCCCCCCC3. The van der Waals surface area contributed by atoms with Gasteiger partial charge in [-0.2, -0.15) is 0 Å². The summed E-state index contributed by atoms with van der Waals surface area (Å²) in [6, 6.07) is 14.3. The average Bonchev–Trinajstić information content (AvgIpc) is 3.18. The quantitative estimate of drug-likeness (QED) is 0.278. The van der Waals surface area contributed by atoms with Crippen molar-refractivity contribution in [3.05, 3.63) is 12.1 Å². The Kier molecular flexibility index (Phi) is 24.4. The third-order valence-electron chi connectivity index (χ3n) is 14.8. The molecule has 7 rings (SSSR count). The van der Waals surface area contributed by atoms with E-state index in [1.807, 2.05) is 14.2 Å². The summed E-state index contributed by atoms with van der Waals surface area (Å²) in [6.45, 7) is 0. The second-order valence-corrected chi connectivity index (χ2v) is 28.2. The predicted octanol–water partition coefficient (Wildman–Crippen LogP) is 16.1. The Hall–Kier alpha value is -0.746. The molecule has 0 amide bonds. The normalized spacial score (nSPS) is 27.8. The fraction of sp³-hybridized carbons (Fsp3) is 0.880. The fourth-order valence-corrected chi connectivity index (χ4v) is 22.4. The number of ether oxygens (including phenoxy) is 2. The van der Waals surface area contributed by atoms with Crippen LogP contribution in [0.2, 0.25) is 36.3 Å². The van der Waals surface area contributed by atoms with Gasteiger partial charge in [-0.05, 0) is 10.4 Å². The van der Waals surface area contributed by atoms with Gasteiger partial charge in [-0.3, -0.25) is 0 Å². The lowest BCUT2D eigenvalue weighted by Gasteiger charge is -2.38. The van der Waals surface area contributed by atoms with Gasteiger partial charge in [0.15, 0.2) is 11.5 Å². The van der Waals surface area contributed by atoms with Gasteiger partial charge in [0.2, 0.25) is 0 Å². The minimum absolute atomic E-state index is 1.22. The molecule has 0 aliphatic carbocycles. The zero-order chi connectivity index (χ0) is 37.8. The van der Waals surface area contributed by atoms with Crippen LogP contribution in [0.1, 0.15) is 231 Å². The topological polar surface area (TPSA) is 18.5 Å². The van der Waals surface area contributed by atoms with Gasteiger partial charge < -0.3 is 9.47 Å². The van der Waals surface area contributed by atoms with Crippen molar-refractivity contribution in [2.75, 3.05) is 14.2 Å². The minimum atomic E-state index is -1.85. The highest BCUT2D eigenvalue weighted by atomic mass is 28.3. The number of methoxy groups -OCH3 is 2. The van der Waals surface area contributed by atoms with Gasteiger partial charge in [-0.1, -0.05) is 280 Å². The molecule has 0 spiro atoms. The van der Waals surface area contributed by atoms with Crippen molar-refractivity contribution in [3.63, 3.8) is 0 Å². The maximum atomic E-state index is 6.77. The van der Waals surface area contributed by atoms with Gasteiger partial charge >= 0.3 is 0 Å². The van der Waals surface area contributed by atoms with E-state index in [-0.39, 0.29) is 0 Å². The molecular weight excluding hydrogens is 689 g/mol. The highest BCUT2D eigenvalue weighted by molar-refractivity contribution is 6.94. The standard InChI is InChI=1S/C50H92O2Si2/c1-51-49-47-39-40-48(50(49)52-2)54-44-36-30-24-18-12-6-3-9-15-21-27-33-41-53(47,42-34-28-22-16-10-4-7-13-19-25-31-37-45-54)43-35-29-23-17-11-5-8-14-20-26-32-38-46-54/h39-40H,3-38,41-46H2,1-2H3. The summed E-state index contributed by atoms with van der Waals surface area (Å²) in [4.78, 5) is 0. The lowest BCUT2D eigenvalue weighted by molar-refractivity contribution is 0.359. The first-order valence-corrected chi connectivity index (χ1v) is 30.2. The van der Waals surface area contributed by atoms with Crippen molar-refractivity contribution in [3.8, 4) is 11.5 Å². The summed E-state index contributed by atoms with van der Waals surface area (Å²) in [5.74, 6) is 2.44. The third kappa shape index (κ3) is 16.2. The zero-order valence-electron chi connectivity index (χ0n) is 36.7. The highest BCUT2D eigenvalue weighted by Crippen LogP contribution is 2.40. The Bertz CT molecular complexity index is 906. The first-order valence-electron chi connectivity index (χ1n) is 25.0. The Labute approximate surface area is 339 Å². The van der Waals surface area contributed by atoms with E-state index in [1.165, 1.54) is 279 Å². The lowest BCUT2D eigenvalue weighted by atomic mass is 10.1. The van der Waals surface area contributed by atoms with Crippen molar-refractivity contribution in [1.82, 2.24) is 0 Å². The van der Waals surface area contributed by atoms with E-state index in [9.17, 15) is 0 Å². The van der Waals surface area contributed by atoms with Crippen LogP contribution in [-0.4, -0.2) is 30.4 Å². The van der Waals surface area contributed by atoms with Crippen LogP contribution in [-0.2, 0) is 0 Å². The van der Waals surface area contributed by atoms with Crippen molar-refractivity contribution in [2.24, 2.45) is 0 Å². The highest BCUT2D eigenvalue weighted by Gasteiger charge is 2.42. The molecule has 4 bridgehead atoms. The van der Waals surface area contributed by atoms with E-state index >= 15 is 0 Å². The first kappa shape index (κ1) is 45.9. The van der Waals surface area contributed by atoms with E-state index in [4.69, 9.17) is 9.47 Å². The van der Waals surface area contributed by atoms with Crippen molar-refractivity contribution >= 4 is 26.5 Å². The number of fused-ring (bicyclic) bond motifs is 39. The predicted molar refractivity (Wildman–Crippen MR) is 245 cm³/mol. The fourth-order valence-electron chi connectivity index (χ4n) is 11.4. The molecule has 312 valence electrons. The maximum Gasteiger partial charge on any atom is 0.159 e. The third-order valence-corrected chi connectivity index (χ3v) is 25.8. The Balaban J connectivity index is 1.82. The van der Waals surface area contributed by atoms with Crippen LogP contribution >= 0.6 is 0 Å². The maximum absolute atomic E-state index is 6.77. The molecule has 1 aromatic carbocycles. The second kappa shape index (κ2) is 28.6. The Morgan fingerprint density at radius 3 is 0.556 bits per heavy atom. The molecule has 4 heteroatoms. The summed E-state index contributed by atoms with van der Waals surface area (Å²) >= 11 is 0. The summed E-state index contributed by atoms with van der Waals surface area (Å²) < 4.78 is 13.5. The number of benzene rings is 1. The molecule has 0 atom stereocenters. The van der Waals surface area contributed by atoms with Crippen LogP contribution in [0.5, 0.6) is 11.5 Å². The summed E-state index contributed by atoms with van der Waals surface area (Å²) in [7, 11) is 0.336. The molecule has 2 nitrogen and oxygen atoms in total. The van der Waals surface area contributed by atoms with Crippen molar-refractivity contribution in [2.45, 2.75) is 267 Å². The van der Waals surface area contributed by atoms with Crippen LogP contribution in [0.4, 0.5) is 0 Å². The van der Waals surface area contributed by atoms with E-state index in [0.29, 0.717) is 0 Å². The molecule has 0 aromatic heterocycles. The zero-order valence-corrected chi connectivity index (χ0v) is 38.7. The molecule has 6 aliphatic heterocycles. The van der Waals surface area contributed by atoms with Crippen molar-refractivity contribution in [1.29, 1.82) is 0 Å². The van der Waals surface area contributed by atoms with Gasteiger partial charge in [-0.25, -0.2) is 0 Å². The minimum Gasteiger partial charge on any atom is -0.493 e. The van der Waals surface area contributed by atoms with Gasteiger partial charge in [0.05, 0.1) is 30.4 Å². The molecule has 1 aromatic rings. The monoisotopic (exact) mass is 781 g/mol. The average molecular weight is 781 g/mol. The molecule has 0 saturated heterocycles. The van der Waals surface area contributed by atoms with E-state index in [1.54, 1.807) is 10.4 Å². The molecule has 0 fully saturated rings. The van der Waals surface area contributed by atoms with E-state index in [2.05, 4.69) is 12.1 Å². The van der Waals surface area contributed by atoms with Crippen molar-refractivity contribution < 1.29 is 9.47 Å². The van der Waals surface area contributed by atoms with Crippen LogP contribution in [0, 0.1) is 0 Å². The van der Waals surface area contributed by atoms with Gasteiger partial charge in [0.1, 0.15) is 0 Å². The summed E-state index contributed by atoms with van der Waals surface area (Å²) in [5, 5.41) is 3.35. The number of rotatable bonds is 2. The Morgan fingerprint density at radius 1 is 0.259 bits per heavy atom.